The molecule has 0 fully saturated rings. The molecule has 0 aromatic heterocycles. The molecular formula is C20H19N2O4-. The van der Waals surface area contributed by atoms with Gasteiger partial charge in [0.1, 0.15) is 5.75 Å². The van der Waals surface area contributed by atoms with Gasteiger partial charge in [-0.1, -0.05) is 42.5 Å². The fourth-order valence-electron chi connectivity index (χ4n) is 2.95. The molecule has 1 heterocycles. The maximum Gasteiger partial charge on any atom is 0.243 e. The number of rotatable bonds is 6. The monoisotopic (exact) mass is 351 g/mol. The summed E-state index contributed by atoms with van der Waals surface area (Å²) in [5.74, 6) is -0.850. The molecule has 6 heteroatoms. The molecule has 0 unspecified atom stereocenters. The summed E-state index contributed by atoms with van der Waals surface area (Å²) < 4.78 is 5.18. The third kappa shape index (κ3) is 3.91. The van der Waals surface area contributed by atoms with Gasteiger partial charge in [-0.3, -0.25) is 4.79 Å². The van der Waals surface area contributed by atoms with Crippen LogP contribution in [0.3, 0.4) is 0 Å². The van der Waals surface area contributed by atoms with Gasteiger partial charge in [-0.15, -0.1) is 0 Å². The van der Waals surface area contributed by atoms with Crippen molar-refractivity contribution in [1.82, 2.24) is 5.01 Å². The van der Waals surface area contributed by atoms with Gasteiger partial charge < -0.3 is 14.6 Å². The number of amides is 1. The second-order valence-corrected chi connectivity index (χ2v) is 6.02. The van der Waals surface area contributed by atoms with Crippen molar-refractivity contribution < 1.29 is 19.4 Å². The van der Waals surface area contributed by atoms with E-state index in [1.807, 2.05) is 54.6 Å². The molecule has 2 aromatic rings. The van der Waals surface area contributed by atoms with E-state index in [1.54, 1.807) is 7.11 Å². The predicted molar refractivity (Wildman–Crippen MR) is 94.4 cm³/mol. The minimum Gasteiger partial charge on any atom is -0.550 e. The number of hydrogen-bond acceptors (Lipinski definition) is 5. The zero-order valence-corrected chi connectivity index (χ0v) is 14.4. The summed E-state index contributed by atoms with van der Waals surface area (Å²) >= 11 is 0. The van der Waals surface area contributed by atoms with Gasteiger partial charge in [0.2, 0.25) is 5.91 Å². The quantitative estimate of drug-likeness (QED) is 0.796. The number of ether oxygens (including phenoxy) is 1. The molecule has 2 aromatic carbocycles. The van der Waals surface area contributed by atoms with Crippen molar-refractivity contribution in [1.29, 1.82) is 0 Å². The highest BCUT2D eigenvalue weighted by molar-refractivity contribution is 6.03. The fourth-order valence-corrected chi connectivity index (χ4v) is 2.95. The number of benzene rings is 2. The molecular weight excluding hydrogens is 332 g/mol. The number of methoxy groups -OCH3 is 1. The van der Waals surface area contributed by atoms with Crippen LogP contribution in [0.1, 0.15) is 36.4 Å². The lowest BCUT2D eigenvalue weighted by atomic mass is 9.98. The van der Waals surface area contributed by atoms with E-state index in [4.69, 9.17) is 4.74 Å². The van der Waals surface area contributed by atoms with E-state index in [0.29, 0.717) is 6.42 Å². The van der Waals surface area contributed by atoms with E-state index in [9.17, 15) is 14.7 Å². The molecule has 6 nitrogen and oxygen atoms in total. The highest BCUT2D eigenvalue weighted by atomic mass is 16.5. The van der Waals surface area contributed by atoms with Crippen molar-refractivity contribution in [3.63, 3.8) is 0 Å². The van der Waals surface area contributed by atoms with Crippen LogP contribution in [0.2, 0.25) is 0 Å². The number of aliphatic carboxylic acids is 1. The van der Waals surface area contributed by atoms with Crippen molar-refractivity contribution in [2.24, 2.45) is 5.10 Å². The number of carbonyl (C=O) groups excluding carboxylic acids is 2. The first-order valence-electron chi connectivity index (χ1n) is 8.37. The smallest absolute Gasteiger partial charge is 0.243 e. The largest absolute Gasteiger partial charge is 0.550 e. The van der Waals surface area contributed by atoms with Crippen LogP contribution in [0.4, 0.5) is 0 Å². The van der Waals surface area contributed by atoms with Crippen molar-refractivity contribution in [2.75, 3.05) is 7.11 Å². The molecule has 0 N–H and O–H groups in total. The van der Waals surface area contributed by atoms with Gasteiger partial charge in [0.15, 0.2) is 0 Å². The van der Waals surface area contributed by atoms with Crippen molar-refractivity contribution >= 4 is 17.6 Å². The fraction of sp³-hybridized carbons (Fsp3) is 0.250. The summed E-state index contributed by atoms with van der Waals surface area (Å²) in [6.45, 7) is 0. The van der Waals surface area contributed by atoms with Crippen molar-refractivity contribution in [3.8, 4) is 5.75 Å². The Morgan fingerprint density at radius 3 is 2.42 bits per heavy atom. The average Bonchev–Trinajstić information content (AvgIpc) is 3.12. The SMILES string of the molecule is COc1ccc([C@@H]2CC(c3ccccc3)=NN2C(=O)CCC(=O)[O-])cc1. The Morgan fingerprint density at radius 2 is 1.81 bits per heavy atom. The molecule has 1 aliphatic heterocycles. The summed E-state index contributed by atoms with van der Waals surface area (Å²) in [5.41, 5.74) is 2.66. The van der Waals surface area contributed by atoms with Gasteiger partial charge in [-0.2, -0.15) is 5.10 Å². The number of hydrazone groups is 1. The number of carboxylic acid groups (broad SMARTS) is 1. The molecule has 134 valence electrons. The van der Waals surface area contributed by atoms with E-state index < -0.39 is 5.97 Å². The Labute approximate surface area is 151 Å². The highest BCUT2D eigenvalue weighted by Crippen LogP contribution is 2.34. The average molecular weight is 351 g/mol. The second kappa shape index (κ2) is 7.82. The molecule has 0 saturated carbocycles. The Kier molecular flexibility index (Phi) is 5.31. The summed E-state index contributed by atoms with van der Waals surface area (Å²) in [7, 11) is 1.59. The molecule has 1 aliphatic rings. The van der Waals surface area contributed by atoms with Gasteiger partial charge in [0.25, 0.3) is 0 Å². The van der Waals surface area contributed by atoms with Crippen LogP contribution < -0.4 is 9.84 Å². The Bertz CT molecular complexity index is 815. The standard InChI is InChI=1S/C20H20N2O4/c1-26-16-9-7-15(8-10-16)18-13-17(14-5-3-2-4-6-14)21-22(18)19(23)11-12-20(24)25/h2-10,18H,11-13H2,1H3,(H,24,25)/p-1/t18-/m0/s1. The first-order chi connectivity index (χ1) is 12.6. The molecule has 0 saturated heterocycles. The second-order valence-electron chi connectivity index (χ2n) is 6.02. The number of hydrogen-bond donors (Lipinski definition) is 0. The number of carboxylic acids is 1. The lowest BCUT2D eigenvalue weighted by molar-refractivity contribution is -0.305. The van der Waals surface area contributed by atoms with Crippen LogP contribution in [-0.2, 0) is 9.59 Å². The Hall–Kier alpha value is -3.15. The summed E-state index contributed by atoms with van der Waals surface area (Å²) in [5, 5.41) is 16.6. The van der Waals surface area contributed by atoms with E-state index >= 15 is 0 Å². The van der Waals surface area contributed by atoms with Crippen LogP contribution in [0.5, 0.6) is 5.75 Å². The molecule has 0 spiro atoms. The minimum absolute atomic E-state index is 0.138. The van der Waals surface area contributed by atoms with E-state index in [1.165, 1.54) is 5.01 Å². The number of carbonyl (C=O) groups is 2. The summed E-state index contributed by atoms with van der Waals surface area (Å²) in [6, 6.07) is 16.8. The molecule has 0 aliphatic carbocycles. The lowest BCUT2D eigenvalue weighted by Gasteiger charge is -2.22. The van der Waals surface area contributed by atoms with Crippen LogP contribution >= 0.6 is 0 Å². The first-order valence-corrected chi connectivity index (χ1v) is 8.37. The maximum atomic E-state index is 12.5. The third-order valence-corrected chi connectivity index (χ3v) is 4.32. The number of nitrogens with zero attached hydrogens (tertiary/aromatic N) is 2. The van der Waals surface area contributed by atoms with Gasteiger partial charge in [-0.05, 0) is 29.7 Å². The van der Waals surface area contributed by atoms with Crippen molar-refractivity contribution in [3.05, 3.63) is 65.7 Å². The normalized spacial score (nSPS) is 16.3. The van der Waals surface area contributed by atoms with E-state index in [2.05, 4.69) is 5.10 Å². The Morgan fingerprint density at radius 1 is 1.12 bits per heavy atom. The minimum atomic E-state index is -1.24. The van der Waals surface area contributed by atoms with Gasteiger partial charge in [-0.25, -0.2) is 5.01 Å². The molecule has 1 atom stereocenters. The van der Waals surface area contributed by atoms with Gasteiger partial charge in [0, 0.05) is 18.8 Å². The van der Waals surface area contributed by atoms with E-state index in [0.717, 1.165) is 22.6 Å². The van der Waals surface area contributed by atoms with Crippen LogP contribution in [0.15, 0.2) is 59.7 Å². The maximum absolute atomic E-state index is 12.5. The predicted octanol–water partition coefficient (Wildman–Crippen LogP) is 1.90. The molecule has 3 rings (SSSR count). The zero-order valence-electron chi connectivity index (χ0n) is 14.4. The van der Waals surface area contributed by atoms with Crippen molar-refractivity contribution in [2.45, 2.75) is 25.3 Å². The first kappa shape index (κ1) is 17.7. The van der Waals surface area contributed by atoms with Gasteiger partial charge >= 0.3 is 0 Å². The highest BCUT2D eigenvalue weighted by Gasteiger charge is 2.32. The molecule has 0 bridgehead atoms. The van der Waals surface area contributed by atoms with Gasteiger partial charge in [0.05, 0.1) is 18.9 Å². The van der Waals surface area contributed by atoms with E-state index in [-0.39, 0.29) is 24.8 Å². The third-order valence-electron chi connectivity index (χ3n) is 4.32. The topological polar surface area (TPSA) is 82.0 Å². The molecule has 0 radical (unpaired) electrons. The molecule has 26 heavy (non-hydrogen) atoms. The summed E-state index contributed by atoms with van der Waals surface area (Å²) in [6.07, 6.45) is 0.106. The van der Waals surface area contributed by atoms with Crippen LogP contribution in [0.25, 0.3) is 0 Å². The lowest BCUT2D eigenvalue weighted by Crippen LogP contribution is -2.29. The van der Waals surface area contributed by atoms with Crippen LogP contribution in [0, 0.1) is 0 Å². The molecule has 1 amide bonds. The van der Waals surface area contributed by atoms with Crippen LogP contribution in [-0.4, -0.2) is 29.7 Å². The Balaban J connectivity index is 1.88. The zero-order chi connectivity index (χ0) is 18.5. The summed E-state index contributed by atoms with van der Waals surface area (Å²) in [4.78, 5) is 23.2.